The maximum atomic E-state index is 12.3. The van der Waals surface area contributed by atoms with E-state index in [9.17, 15) is 24.0 Å². The zero-order valence-corrected chi connectivity index (χ0v) is 15.6. The van der Waals surface area contributed by atoms with E-state index < -0.39 is 25.0 Å². The summed E-state index contributed by atoms with van der Waals surface area (Å²) in [7, 11) is 0. The van der Waals surface area contributed by atoms with Crippen molar-refractivity contribution in [3.05, 3.63) is 29.8 Å². The van der Waals surface area contributed by atoms with Gasteiger partial charge in [-0.3, -0.25) is 28.9 Å². The monoisotopic (exact) mass is 386 g/mol. The summed E-state index contributed by atoms with van der Waals surface area (Å²) in [4.78, 5) is 60.7. The van der Waals surface area contributed by atoms with E-state index in [0.717, 1.165) is 17.7 Å². The van der Waals surface area contributed by atoms with Crippen molar-refractivity contribution in [1.29, 1.82) is 0 Å². The molecule has 8 nitrogen and oxygen atoms in total. The predicted molar refractivity (Wildman–Crippen MR) is 98.2 cm³/mol. The van der Waals surface area contributed by atoms with Gasteiger partial charge in [-0.15, -0.1) is 0 Å². The summed E-state index contributed by atoms with van der Waals surface area (Å²) in [6.45, 7) is 0.444. The number of ether oxygens (including phenoxy) is 1. The molecule has 1 saturated carbocycles. The maximum absolute atomic E-state index is 12.3. The Morgan fingerprint density at radius 1 is 1.04 bits per heavy atom. The lowest BCUT2D eigenvalue weighted by Crippen LogP contribution is -2.37. The fourth-order valence-corrected chi connectivity index (χ4v) is 3.69. The van der Waals surface area contributed by atoms with Gasteiger partial charge in [-0.05, 0) is 44.0 Å². The largest absolute Gasteiger partial charge is 0.454 e. The van der Waals surface area contributed by atoms with E-state index in [1.54, 1.807) is 24.3 Å². The molecule has 1 aromatic carbocycles. The molecule has 0 radical (unpaired) electrons. The highest BCUT2D eigenvalue weighted by molar-refractivity contribution is 6.07. The molecule has 0 spiro atoms. The second-order valence-corrected chi connectivity index (χ2v) is 7.10. The Labute approximate surface area is 162 Å². The van der Waals surface area contributed by atoms with E-state index >= 15 is 0 Å². The third-order valence-corrected chi connectivity index (χ3v) is 5.16. The fourth-order valence-electron chi connectivity index (χ4n) is 3.69. The van der Waals surface area contributed by atoms with Crippen LogP contribution in [0.5, 0.6) is 0 Å². The molecule has 2 atom stereocenters. The number of hydrogen-bond acceptors (Lipinski definition) is 6. The number of likely N-dealkylation sites (tertiary alicyclic amines) is 1. The van der Waals surface area contributed by atoms with Crippen LogP contribution in [0.15, 0.2) is 24.3 Å². The van der Waals surface area contributed by atoms with Crippen molar-refractivity contribution in [2.75, 3.05) is 18.5 Å². The quantitative estimate of drug-likeness (QED) is 0.451. The van der Waals surface area contributed by atoms with Gasteiger partial charge < -0.3 is 10.1 Å². The van der Waals surface area contributed by atoms with Crippen molar-refractivity contribution in [2.24, 2.45) is 11.8 Å². The second-order valence-electron chi connectivity index (χ2n) is 7.10. The maximum Gasteiger partial charge on any atom is 0.326 e. The molecule has 0 bridgehead atoms. The number of nitrogens with one attached hydrogen (secondary N) is 1. The Kier molecular flexibility index (Phi) is 5.87. The first-order valence-corrected chi connectivity index (χ1v) is 9.28. The number of esters is 1. The molecule has 3 rings (SSSR count). The van der Waals surface area contributed by atoms with Crippen LogP contribution in [0.25, 0.3) is 0 Å². The summed E-state index contributed by atoms with van der Waals surface area (Å²) in [5, 5.41) is 2.54. The average Bonchev–Trinajstić information content (AvgIpc) is 2.92. The lowest BCUT2D eigenvalue weighted by Gasteiger charge is -2.19. The number of imide groups is 1. The van der Waals surface area contributed by atoms with Crippen LogP contribution in [-0.4, -0.2) is 47.5 Å². The van der Waals surface area contributed by atoms with Gasteiger partial charge in [-0.2, -0.15) is 0 Å². The molecule has 0 aromatic heterocycles. The van der Waals surface area contributed by atoms with Gasteiger partial charge in [0.1, 0.15) is 6.54 Å². The minimum atomic E-state index is -0.803. The third kappa shape index (κ3) is 4.27. The number of Topliss-reactive ketones (excluding diaryl/α,β-unsaturated/α-hetero) is 1. The molecular weight excluding hydrogens is 364 g/mol. The predicted octanol–water partition coefficient (Wildman–Crippen LogP) is 1.55. The van der Waals surface area contributed by atoms with Crippen molar-refractivity contribution in [3.8, 4) is 0 Å². The SMILES string of the molecule is CC(=O)c1ccc(NC(=O)COC(=O)CN2C(=O)C3CCCCC3C2=O)cc1. The van der Waals surface area contributed by atoms with Crippen molar-refractivity contribution in [1.82, 2.24) is 4.90 Å². The number of anilines is 1. The second kappa shape index (κ2) is 8.33. The zero-order chi connectivity index (χ0) is 20.3. The van der Waals surface area contributed by atoms with Crippen molar-refractivity contribution in [3.63, 3.8) is 0 Å². The summed E-state index contributed by atoms with van der Waals surface area (Å²) < 4.78 is 4.90. The standard InChI is InChI=1S/C20H22N2O6/c1-12(23)13-6-8-14(9-7-13)21-17(24)11-28-18(25)10-22-19(26)15-4-2-3-5-16(15)20(22)27/h6-9,15-16H,2-5,10-11H2,1H3,(H,21,24). The van der Waals surface area contributed by atoms with E-state index in [1.165, 1.54) is 6.92 Å². The number of amides is 3. The fraction of sp³-hybridized carbons (Fsp3) is 0.450. The minimum Gasteiger partial charge on any atom is -0.454 e. The zero-order valence-electron chi connectivity index (χ0n) is 15.6. The van der Waals surface area contributed by atoms with Crippen LogP contribution in [0.4, 0.5) is 5.69 Å². The minimum absolute atomic E-state index is 0.0855. The summed E-state index contributed by atoms with van der Waals surface area (Å²) in [6, 6.07) is 6.29. The Morgan fingerprint density at radius 2 is 1.61 bits per heavy atom. The van der Waals surface area contributed by atoms with Gasteiger partial charge in [0, 0.05) is 11.3 Å². The molecule has 1 saturated heterocycles. The lowest BCUT2D eigenvalue weighted by atomic mass is 9.81. The molecule has 1 aromatic rings. The van der Waals surface area contributed by atoms with E-state index in [4.69, 9.17) is 4.74 Å². The summed E-state index contributed by atoms with van der Waals surface area (Å²) in [6.07, 6.45) is 3.16. The summed E-state index contributed by atoms with van der Waals surface area (Å²) in [5.74, 6) is -2.73. The first kappa shape index (κ1) is 19.7. The van der Waals surface area contributed by atoms with E-state index in [2.05, 4.69) is 5.32 Å². The third-order valence-electron chi connectivity index (χ3n) is 5.16. The van der Waals surface area contributed by atoms with E-state index in [1.807, 2.05) is 0 Å². The van der Waals surface area contributed by atoms with Crippen molar-refractivity contribution >= 4 is 35.2 Å². The Balaban J connectivity index is 1.47. The molecule has 1 aliphatic carbocycles. The molecule has 148 valence electrons. The Hall–Kier alpha value is -3.03. The molecule has 2 unspecified atom stereocenters. The van der Waals surface area contributed by atoms with Gasteiger partial charge >= 0.3 is 5.97 Å². The molecule has 1 N–H and O–H groups in total. The topological polar surface area (TPSA) is 110 Å². The Morgan fingerprint density at radius 3 is 2.14 bits per heavy atom. The number of benzene rings is 1. The highest BCUT2D eigenvalue weighted by atomic mass is 16.5. The van der Waals surface area contributed by atoms with Crippen molar-refractivity contribution in [2.45, 2.75) is 32.6 Å². The molecule has 3 amide bonds. The first-order valence-electron chi connectivity index (χ1n) is 9.28. The molecule has 1 heterocycles. The van der Waals surface area contributed by atoms with Crippen LogP contribution < -0.4 is 5.32 Å². The highest BCUT2D eigenvalue weighted by Gasteiger charge is 2.48. The van der Waals surface area contributed by atoms with Crippen LogP contribution in [0.2, 0.25) is 0 Å². The highest BCUT2D eigenvalue weighted by Crippen LogP contribution is 2.37. The van der Waals surface area contributed by atoms with Crippen molar-refractivity contribution < 1.29 is 28.7 Å². The average molecular weight is 386 g/mol. The van der Waals surface area contributed by atoms with Gasteiger partial charge in [-0.1, -0.05) is 12.8 Å². The van der Waals surface area contributed by atoms with E-state index in [0.29, 0.717) is 24.1 Å². The lowest BCUT2D eigenvalue weighted by molar-refractivity contribution is -0.154. The number of rotatable bonds is 6. The number of fused-ring (bicyclic) bond motifs is 1. The number of carbonyl (C=O) groups excluding carboxylic acids is 5. The number of ketones is 1. The van der Waals surface area contributed by atoms with Crippen LogP contribution in [-0.2, 0) is 23.9 Å². The van der Waals surface area contributed by atoms with Gasteiger partial charge in [0.25, 0.3) is 5.91 Å². The van der Waals surface area contributed by atoms with Crippen LogP contribution in [0.1, 0.15) is 43.0 Å². The summed E-state index contributed by atoms with van der Waals surface area (Å²) in [5.41, 5.74) is 0.977. The van der Waals surface area contributed by atoms with Gasteiger partial charge in [0.2, 0.25) is 11.8 Å². The van der Waals surface area contributed by atoms with Gasteiger partial charge in [0.15, 0.2) is 12.4 Å². The normalized spacial score (nSPS) is 21.2. The van der Waals surface area contributed by atoms with Crippen LogP contribution in [0.3, 0.4) is 0 Å². The molecule has 2 fully saturated rings. The molecular formula is C20H22N2O6. The number of nitrogens with zero attached hydrogens (tertiary/aromatic N) is 1. The molecule has 8 heteroatoms. The first-order chi connectivity index (χ1) is 13.4. The number of carbonyl (C=O) groups is 5. The van der Waals surface area contributed by atoms with E-state index in [-0.39, 0.29) is 29.4 Å². The van der Waals surface area contributed by atoms with Gasteiger partial charge in [0.05, 0.1) is 11.8 Å². The molecule has 1 aliphatic heterocycles. The number of hydrogen-bond donors (Lipinski definition) is 1. The van der Waals surface area contributed by atoms with Crippen LogP contribution in [0, 0.1) is 11.8 Å². The Bertz CT molecular complexity index is 792. The molecule has 2 aliphatic rings. The van der Waals surface area contributed by atoms with Crippen LogP contribution >= 0.6 is 0 Å². The summed E-state index contributed by atoms with van der Waals surface area (Å²) >= 11 is 0. The van der Waals surface area contributed by atoms with Gasteiger partial charge in [-0.25, -0.2) is 0 Å². The smallest absolute Gasteiger partial charge is 0.326 e. The molecule has 28 heavy (non-hydrogen) atoms.